The number of amides is 3. The minimum absolute atomic E-state index is 0.0468. The molecule has 0 aliphatic heterocycles. The van der Waals surface area contributed by atoms with Crippen LogP contribution in [0, 0.1) is 11.6 Å². The predicted octanol–water partition coefficient (Wildman–Crippen LogP) is 3.58. The zero-order valence-electron chi connectivity index (χ0n) is 19.9. The molecule has 202 valence electrons. The molecule has 0 radical (unpaired) electrons. The van der Waals surface area contributed by atoms with Gasteiger partial charge in [0.25, 0.3) is 11.8 Å². The van der Waals surface area contributed by atoms with Gasteiger partial charge >= 0.3 is 12.0 Å². The summed E-state index contributed by atoms with van der Waals surface area (Å²) in [5.41, 5.74) is 5.46. The van der Waals surface area contributed by atoms with Gasteiger partial charge in [0.05, 0.1) is 24.8 Å². The Labute approximate surface area is 222 Å². The molecular weight excluding hydrogens is 540 g/mol. The van der Waals surface area contributed by atoms with Gasteiger partial charge in [-0.25, -0.2) is 18.6 Å². The number of thiazole rings is 1. The molecule has 3 amide bonds. The number of carbonyl (C=O) groups excluding carboxylic acids is 2. The van der Waals surface area contributed by atoms with Gasteiger partial charge in [-0.1, -0.05) is 22.6 Å². The largest absolute Gasteiger partial charge is 0.497 e. The molecule has 0 atom stereocenters. The van der Waals surface area contributed by atoms with Crippen molar-refractivity contribution < 1.29 is 37.5 Å². The second kappa shape index (κ2) is 11.5. The van der Waals surface area contributed by atoms with Crippen molar-refractivity contribution in [3.05, 3.63) is 53.6 Å². The predicted molar refractivity (Wildman–Crippen MR) is 135 cm³/mol. The number of nitrogen functional groups attached to an aromatic ring is 1. The molecule has 0 aliphatic carbocycles. The highest BCUT2D eigenvalue weighted by atomic mass is 32.1. The molecule has 6 N–H and O–H groups in total. The Bertz CT molecular complexity index is 1560. The standard InChI is InChI=1S/C23H19F2N7O6S/c1-37-11-4-2-3-10(7-11)20(35)28-15-8-12(13(24)9-14(15)25)19-30-21(38-32-19)17-18(26)29-23(39-17)31-22(36)27-6-5-16(33)34/h2-4,7-9H,5-6,26H2,1H3,(H,28,35)(H,33,34)(H2,27,29,31,36). The number of methoxy groups -OCH3 is 1. The number of urea groups is 1. The Morgan fingerprint density at radius 3 is 2.67 bits per heavy atom. The maximum atomic E-state index is 14.6. The van der Waals surface area contributed by atoms with Gasteiger partial charge in [-0.15, -0.1) is 0 Å². The quantitative estimate of drug-likeness (QED) is 0.202. The number of aliphatic carboxylic acids is 1. The lowest BCUT2D eigenvalue weighted by atomic mass is 10.1. The molecule has 0 saturated heterocycles. The summed E-state index contributed by atoms with van der Waals surface area (Å²) in [5, 5.41) is 19.5. The molecule has 0 aliphatic rings. The van der Waals surface area contributed by atoms with Gasteiger partial charge in [-0.05, 0) is 24.3 Å². The first-order valence-corrected chi connectivity index (χ1v) is 11.8. The van der Waals surface area contributed by atoms with Crippen LogP contribution in [0.15, 0.2) is 40.9 Å². The topological polar surface area (TPSA) is 195 Å². The summed E-state index contributed by atoms with van der Waals surface area (Å²) in [7, 11) is 1.43. The minimum Gasteiger partial charge on any atom is -0.497 e. The second-order valence-corrected chi connectivity index (χ2v) is 8.68. The first-order valence-electron chi connectivity index (χ1n) is 11.0. The van der Waals surface area contributed by atoms with Crippen LogP contribution < -0.4 is 26.4 Å². The average Bonchev–Trinajstić information content (AvgIpc) is 3.51. The zero-order chi connectivity index (χ0) is 28.1. The van der Waals surface area contributed by atoms with E-state index in [4.69, 9.17) is 20.1 Å². The zero-order valence-corrected chi connectivity index (χ0v) is 20.8. The van der Waals surface area contributed by atoms with E-state index < -0.39 is 29.5 Å². The Morgan fingerprint density at radius 1 is 1.13 bits per heavy atom. The maximum absolute atomic E-state index is 14.6. The van der Waals surface area contributed by atoms with E-state index in [0.717, 1.165) is 17.4 Å². The summed E-state index contributed by atoms with van der Waals surface area (Å²) in [5.74, 6) is -3.88. The van der Waals surface area contributed by atoms with Gasteiger partial charge in [0.1, 0.15) is 28.1 Å². The van der Waals surface area contributed by atoms with Crippen LogP contribution in [0.5, 0.6) is 5.75 Å². The summed E-state index contributed by atoms with van der Waals surface area (Å²) in [6.07, 6.45) is -0.268. The van der Waals surface area contributed by atoms with E-state index in [0.29, 0.717) is 11.8 Å². The summed E-state index contributed by atoms with van der Waals surface area (Å²) in [6, 6.07) is 7.03. The first kappa shape index (κ1) is 26.9. The van der Waals surface area contributed by atoms with Crippen molar-refractivity contribution in [3.63, 3.8) is 0 Å². The second-order valence-electron chi connectivity index (χ2n) is 7.68. The van der Waals surface area contributed by atoms with Gasteiger partial charge in [0, 0.05) is 18.2 Å². The van der Waals surface area contributed by atoms with Gasteiger partial charge in [-0.2, -0.15) is 4.98 Å². The van der Waals surface area contributed by atoms with Crippen molar-refractivity contribution >= 4 is 45.9 Å². The Hall–Kier alpha value is -5.12. The number of rotatable bonds is 9. The number of carbonyl (C=O) groups is 3. The number of nitrogens with one attached hydrogen (secondary N) is 3. The third-order valence-corrected chi connectivity index (χ3v) is 5.97. The number of ether oxygens (including phenoxy) is 1. The minimum atomic E-state index is -1.08. The molecule has 39 heavy (non-hydrogen) atoms. The van der Waals surface area contributed by atoms with Gasteiger partial charge in [0.2, 0.25) is 5.82 Å². The average molecular weight is 560 g/mol. The van der Waals surface area contributed by atoms with Crippen LogP contribution in [0.2, 0.25) is 0 Å². The van der Waals surface area contributed by atoms with Crippen LogP contribution in [0.4, 0.5) is 30.2 Å². The number of aromatic nitrogens is 3. The number of hydrogen-bond donors (Lipinski definition) is 5. The Morgan fingerprint density at radius 2 is 1.92 bits per heavy atom. The van der Waals surface area contributed by atoms with Crippen LogP contribution in [0.25, 0.3) is 22.2 Å². The molecule has 16 heteroatoms. The molecule has 0 saturated carbocycles. The summed E-state index contributed by atoms with van der Waals surface area (Å²) < 4.78 is 39.4. The van der Waals surface area contributed by atoms with E-state index in [9.17, 15) is 23.2 Å². The normalized spacial score (nSPS) is 10.6. The number of nitrogens with zero attached hydrogens (tertiary/aromatic N) is 3. The Balaban J connectivity index is 1.53. The highest BCUT2D eigenvalue weighted by Gasteiger charge is 2.22. The monoisotopic (exact) mass is 559 g/mol. The van der Waals surface area contributed by atoms with E-state index in [-0.39, 0.29) is 57.3 Å². The molecule has 0 unspecified atom stereocenters. The van der Waals surface area contributed by atoms with Gasteiger partial charge in [0.15, 0.2) is 5.13 Å². The lowest BCUT2D eigenvalue weighted by Crippen LogP contribution is -2.30. The van der Waals surface area contributed by atoms with Crippen molar-refractivity contribution in [2.45, 2.75) is 6.42 Å². The highest BCUT2D eigenvalue weighted by Crippen LogP contribution is 2.35. The number of carboxylic acids is 1. The summed E-state index contributed by atoms with van der Waals surface area (Å²) in [4.78, 5) is 43.3. The molecule has 0 spiro atoms. The molecule has 2 aromatic carbocycles. The molecule has 2 aromatic heterocycles. The number of nitrogens with two attached hydrogens (primary N) is 1. The van der Waals surface area contributed by atoms with E-state index >= 15 is 0 Å². The van der Waals surface area contributed by atoms with Crippen LogP contribution in [-0.2, 0) is 4.79 Å². The lowest BCUT2D eigenvalue weighted by Gasteiger charge is -2.09. The van der Waals surface area contributed by atoms with Crippen molar-refractivity contribution in [1.82, 2.24) is 20.4 Å². The fourth-order valence-corrected chi connectivity index (χ4v) is 3.96. The van der Waals surface area contributed by atoms with Gasteiger partial charge < -0.3 is 30.7 Å². The molecule has 0 bridgehead atoms. The molecule has 4 rings (SSSR count). The first-order chi connectivity index (χ1) is 18.6. The van der Waals surface area contributed by atoms with Crippen LogP contribution in [-0.4, -0.2) is 51.8 Å². The number of benzene rings is 2. The maximum Gasteiger partial charge on any atom is 0.321 e. The van der Waals surface area contributed by atoms with Crippen LogP contribution in [0.1, 0.15) is 16.8 Å². The van der Waals surface area contributed by atoms with Crippen LogP contribution in [0.3, 0.4) is 0 Å². The molecular formula is C23H19F2N7O6S. The van der Waals surface area contributed by atoms with Gasteiger partial charge in [-0.3, -0.25) is 14.9 Å². The Kier molecular flexibility index (Phi) is 7.95. The van der Waals surface area contributed by atoms with Crippen LogP contribution >= 0.6 is 11.3 Å². The third kappa shape index (κ3) is 6.42. The third-order valence-electron chi connectivity index (χ3n) is 5.00. The number of anilines is 3. The fraction of sp³-hybridized carbons (Fsp3) is 0.130. The SMILES string of the molecule is COc1cccc(C(=O)Nc2cc(-c3noc(-c4sc(NC(=O)NCCC(=O)O)nc4N)n3)c(F)cc2F)c1. The number of halogens is 2. The molecule has 4 aromatic rings. The van der Waals surface area contributed by atoms with Crippen molar-refractivity contribution in [2.24, 2.45) is 0 Å². The highest BCUT2D eigenvalue weighted by molar-refractivity contribution is 7.19. The van der Waals surface area contributed by atoms with E-state index in [2.05, 4.69) is 31.1 Å². The lowest BCUT2D eigenvalue weighted by molar-refractivity contribution is -0.136. The molecule has 2 heterocycles. The number of hydrogen-bond acceptors (Lipinski definition) is 10. The fourth-order valence-electron chi connectivity index (χ4n) is 3.16. The van der Waals surface area contributed by atoms with E-state index in [1.165, 1.54) is 19.2 Å². The molecule has 13 nitrogen and oxygen atoms in total. The van der Waals surface area contributed by atoms with Crippen molar-refractivity contribution in [3.8, 4) is 27.9 Å². The summed E-state index contributed by atoms with van der Waals surface area (Å²) >= 11 is 0.866. The smallest absolute Gasteiger partial charge is 0.321 e. The van der Waals surface area contributed by atoms with Crippen molar-refractivity contribution in [1.29, 1.82) is 0 Å². The van der Waals surface area contributed by atoms with E-state index in [1.54, 1.807) is 12.1 Å². The number of carboxylic acid groups (broad SMARTS) is 1. The summed E-state index contributed by atoms with van der Waals surface area (Å²) in [6.45, 7) is -0.104. The molecule has 0 fully saturated rings. The van der Waals surface area contributed by atoms with Crippen molar-refractivity contribution in [2.75, 3.05) is 30.0 Å². The van der Waals surface area contributed by atoms with E-state index in [1.807, 2.05) is 0 Å².